The van der Waals surface area contributed by atoms with E-state index in [4.69, 9.17) is 5.26 Å². The topological polar surface area (TPSA) is 27.0 Å². The van der Waals surface area contributed by atoms with E-state index >= 15 is 0 Å². The second kappa shape index (κ2) is 5.16. The number of nitrogens with zero attached hydrogens (tertiary/aromatic N) is 2. The lowest BCUT2D eigenvalue weighted by Crippen LogP contribution is -2.32. The van der Waals surface area contributed by atoms with Gasteiger partial charge in [-0.1, -0.05) is 12.1 Å². The Bertz CT molecular complexity index is 606. The average molecular weight is 268 g/mol. The van der Waals surface area contributed by atoms with Crippen molar-refractivity contribution in [2.24, 2.45) is 0 Å². The van der Waals surface area contributed by atoms with Crippen LogP contribution in [-0.4, -0.2) is 11.4 Å². The van der Waals surface area contributed by atoms with Crippen LogP contribution in [0.25, 0.3) is 0 Å². The lowest BCUT2D eigenvalue weighted by atomic mass is 10.0. The highest BCUT2D eigenvalue weighted by molar-refractivity contribution is 7.10. The van der Waals surface area contributed by atoms with E-state index in [0.717, 1.165) is 25.1 Å². The third-order valence-electron chi connectivity index (χ3n) is 3.87. The van der Waals surface area contributed by atoms with Crippen molar-refractivity contribution in [2.75, 3.05) is 6.54 Å². The highest BCUT2D eigenvalue weighted by Gasteiger charge is 2.24. The molecule has 1 aromatic carbocycles. The largest absolute Gasteiger partial charge is 0.292 e. The van der Waals surface area contributed by atoms with Crippen LogP contribution in [0, 0.1) is 11.3 Å². The summed E-state index contributed by atoms with van der Waals surface area (Å²) in [6.45, 7) is 4.37. The molecule has 3 rings (SSSR count). The highest BCUT2D eigenvalue weighted by atomic mass is 32.1. The molecule has 2 heterocycles. The van der Waals surface area contributed by atoms with Crippen LogP contribution in [0.15, 0.2) is 35.7 Å². The van der Waals surface area contributed by atoms with Crippen molar-refractivity contribution < 1.29 is 0 Å². The quantitative estimate of drug-likeness (QED) is 0.829. The molecular formula is C16H16N2S. The Labute approximate surface area is 117 Å². The Balaban J connectivity index is 1.75. The van der Waals surface area contributed by atoms with Crippen LogP contribution >= 0.6 is 11.3 Å². The van der Waals surface area contributed by atoms with E-state index < -0.39 is 0 Å². The van der Waals surface area contributed by atoms with Crippen molar-refractivity contribution in [2.45, 2.75) is 25.9 Å². The fourth-order valence-electron chi connectivity index (χ4n) is 2.70. The molecule has 2 aromatic rings. The van der Waals surface area contributed by atoms with Crippen molar-refractivity contribution in [3.63, 3.8) is 0 Å². The number of hydrogen-bond donors (Lipinski definition) is 0. The number of benzene rings is 1. The molecule has 0 fully saturated rings. The predicted molar refractivity (Wildman–Crippen MR) is 78.0 cm³/mol. The SMILES string of the molecule is CC1c2ccsc2CCN1Cc1ccc(C#N)cc1. The van der Waals surface area contributed by atoms with E-state index in [1.165, 1.54) is 11.1 Å². The lowest BCUT2D eigenvalue weighted by Gasteiger charge is -2.33. The molecule has 1 aliphatic rings. The van der Waals surface area contributed by atoms with E-state index in [1.807, 2.05) is 23.5 Å². The smallest absolute Gasteiger partial charge is 0.0991 e. The van der Waals surface area contributed by atoms with Crippen molar-refractivity contribution >= 4 is 11.3 Å². The maximum Gasteiger partial charge on any atom is 0.0991 e. The van der Waals surface area contributed by atoms with Gasteiger partial charge in [0, 0.05) is 24.0 Å². The molecule has 0 radical (unpaired) electrons. The number of nitriles is 1. The van der Waals surface area contributed by atoms with E-state index in [1.54, 1.807) is 4.88 Å². The van der Waals surface area contributed by atoms with Crippen LogP contribution in [0.4, 0.5) is 0 Å². The molecule has 0 bridgehead atoms. The van der Waals surface area contributed by atoms with Gasteiger partial charge in [-0.3, -0.25) is 4.90 Å². The first-order valence-electron chi connectivity index (χ1n) is 6.57. The molecule has 0 spiro atoms. The fraction of sp³-hybridized carbons (Fsp3) is 0.312. The summed E-state index contributed by atoms with van der Waals surface area (Å²) in [5.41, 5.74) is 3.50. The maximum absolute atomic E-state index is 8.82. The Morgan fingerprint density at radius 2 is 2.11 bits per heavy atom. The van der Waals surface area contributed by atoms with Gasteiger partial charge in [-0.15, -0.1) is 11.3 Å². The van der Waals surface area contributed by atoms with E-state index in [-0.39, 0.29) is 0 Å². The van der Waals surface area contributed by atoms with Crippen LogP contribution in [-0.2, 0) is 13.0 Å². The summed E-state index contributed by atoms with van der Waals surface area (Å²) in [5.74, 6) is 0. The zero-order valence-electron chi connectivity index (χ0n) is 11.0. The second-order valence-corrected chi connectivity index (χ2v) is 6.00. The summed E-state index contributed by atoms with van der Waals surface area (Å²) in [7, 11) is 0. The summed E-state index contributed by atoms with van der Waals surface area (Å²) in [4.78, 5) is 4.06. The molecule has 0 saturated heterocycles. The maximum atomic E-state index is 8.82. The Morgan fingerprint density at radius 1 is 1.32 bits per heavy atom. The van der Waals surface area contributed by atoms with E-state index in [9.17, 15) is 0 Å². The summed E-state index contributed by atoms with van der Waals surface area (Å²) in [6, 6.07) is 12.8. The minimum Gasteiger partial charge on any atom is -0.292 e. The van der Waals surface area contributed by atoms with Crippen molar-refractivity contribution in [1.82, 2.24) is 4.90 Å². The van der Waals surface area contributed by atoms with Gasteiger partial charge in [0.15, 0.2) is 0 Å². The summed E-state index contributed by atoms with van der Waals surface area (Å²) < 4.78 is 0. The number of rotatable bonds is 2. The van der Waals surface area contributed by atoms with Gasteiger partial charge < -0.3 is 0 Å². The molecular weight excluding hydrogens is 252 g/mol. The minimum absolute atomic E-state index is 0.491. The van der Waals surface area contributed by atoms with Gasteiger partial charge in [0.05, 0.1) is 11.6 Å². The highest BCUT2D eigenvalue weighted by Crippen LogP contribution is 2.33. The van der Waals surface area contributed by atoms with Crippen LogP contribution in [0.2, 0.25) is 0 Å². The monoisotopic (exact) mass is 268 g/mol. The van der Waals surface area contributed by atoms with Gasteiger partial charge in [0.25, 0.3) is 0 Å². The first-order chi connectivity index (χ1) is 9.28. The van der Waals surface area contributed by atoms with Gasteiger partial charge in [-0.05, 0) is 48.1 Å². The number of fused-ring (bicyclic) bond motifs is 1. The third kappa shape index (κ3) is 2.42. The summed E-state index contributed by atoms with van der Waals surface area (Å²) >= 11 is 1.88. The normalized spacial score (nSPS) is 18.8. The van der Waals surface area contributed by atoms with Gasteiger partial charge in [0.1, 0.15) is 0 Å². The third-order valence-corrected chi connectivity index (χ3v) is 4.87. The first kappa shape index (κ1) is 12.4. The molecule has 2 nitrogen and oxygen atoms in total. The lowest BCUT2D eigenvalue weighted by molar-refractivity contribution is 0.191. The van der Waals surface area contributed by atoms with Crippen molar-refractivity contribution in [1.29, 1.82) is 5.26 Å². The molecule has 1 atom stereocenters. The molecule has 0 saturated carbocycles. The zero-order valence-corrected chi connectivity index (χ0v) is 11.8. The Morgan fingerprint density at radius 3 is 2.84 bits per heavy atom. The standard InChI is InChI=1S/C16H16N2S/c1-12-15-7-9-19-16(15)6-8-18(12)11-14-4-2-13(10-17)3-5-14/h2-5,7,9,12H,6,8,11H2,1H3. The molecule has 0 N–H and O–H groups in total. The predicted octanol–water partition coefficient (Wildman–Crippen LogP) is 3.74. The van der Waals surface area contributed by atoms with Gasteiger partial charge in [-0.2, -0.15) is 5.26 Å². The van der Waals surface area contributed by atoms with Crippen molar-refractivity contribution in [3.8, 4) is 6.07 Å². The summed E-state index contributed by atoms with van der Waals surface area (Å²) in [6.07, 6.45) is 1.16. The van der Waals surface area contributed by atoms with Crippen LogP contribution in [0.1, 0.15) is 34.5 Å². The average Bonchev–Trinajstić information content (AvgIpc) is 2.92. The molecule has 1 unspecified atom stereocenters. The molecule has 1 aromatic heterocycles. The zero-order chi connectivity index (χ0) is 13.2. The summed E-state index contributed by atoms with van der Waals surface area (Å²) in [5, 5.41) is 11.0. The number of thiophene rings is 1. The fourth-order valence-corrected chi connectivity index (χ4v) is 3.66. The van der Waals surface area contributed by atoms with Crippen LogP contribution < -0.4 is 0 Å². The van der Waals surface area contributed by atoms with E-state index in [2.05, 4.69) is 41.5 Å². The molecule has 3 heteroatoms. The molecule has 0 aliphatic carbocycles. The van der Waals surface area contributed by atoms with E-state index in [0.29, 0.717) is 6.04 Å². The minimum atomic E-state index is 0.491. The van der Waals surface area contributed by atoms with Crippen LogP contribution in [0.3, 0.4) is 0 Å². The van der Waals surface area contributed by atoms with Gasteiger partial charge in [0.2, 0.25) is 0 Å². The molecule has 1 aliphatic heterocycles. The second-order valence-electron chi connectivity index (χ2n) is 5.00. The Hall–Kier alpha value is -1.63. The first-order valence-corrected chi connectivity index (χ1v) is 7.45. The molecule has 96 valence electrons. The molecule has 19 heavy (non-hydrogen) atoms. The van der Waals surface area contributed by atoms with Crippen LogP contribution in [0.5, 0.6) is 0 Å². The molecule has 0 amide bonds. The van der Waals surface area contributed by atoms with Gasteiger partial charge in [-0.25, -0.2) is 0 Å². The Kier molecular flexibility index (Phi) is 3.37. The van der Waals surface area contributed by atoms with Crippen molar-refractivity contribution in [3.05, 3.63) is 57.3 Å². The number of hydrogen-bond acceptors (Lipinski definition) is 3. The van der Waals surface area contributed by atoms with Gasteiger partial charge >= 0.3 is 0 Å².